The second kappa shape index (κ2) is 6.62. The summed E-state index contributed by atoms with van der Waals surface area (Å²) in [5, 5.41) is 18.4. The molecule has 1 amide bonds. The molecule has 3 rings (SSSR count). The van der Waals surface area contributed by atoms with Crippen LogP contribution in [0.2, 0.25) is 0 Å². The molecule has 0 fully saturated rings. The van der Waals surface area contributed by atoms with Crippen LogP contribution >= 0.6 is 0 Å². The maximum Gasteiger partial charge on any atom is 0.275 e. The largest absolute Gasteiger partial charge is 0.360 e. The van der Waals surface area contributed by atoms with Gasteiger partial charge in [-0.2, -0.15) is 5.26 Å². The lowest BCUT2D eigenvalue weighted by atomic mass is 10.2. The van der Waals surface area contributed by atoms with Crippen LogP contribution in [0.25, 0.3) is 0 Å². The number of hydrogen-bond acceptors (Lipinski definition) is 6. The summed E-state index contributed by atoms with van der Waals surface area (Å²) in [5.74, 6) is 0.545. The van der Waals surface area contributed by atoms with Crippen LogP contribution in [0.5, 0.6) is 0 Å². The fourth-order valence-corrected chi connectivity index (χ4v) is 2.07. The van der Waals surface area contributed by atoms with Gasteiger partial charge in [-0.1, -0.05) is 11.2 Å². The SMILES string of the molecule is Cc1cc(NC(=O)c2cc(Nc3cccc(C#N)c3)ccn2)no1. The topological polar surface area (TPSA) is 104 Å². The number of aromatic nitrogens is 2. The summed E-state index contributed by atoms with van der Waals surface area (Å²) in [5.41, 5.74) is 2.21. The fraction of sp³-hybridized carbons (Fsp3) is 0.0588. The van der Waals surface area contributed by atoms with Gasteiger partial charge in [0, 0.05) is 23.6 Å². The molecule has 0 atom stereocenters. The number of carbonyl (C=O) groups excluding carboxylic acids is 1. The van der Waals surface area contributed by atoms with Crippen molar-refractivity contribution in [3.05, 3.63) is 65.7 Å². The summed E-state index contributed by atoms with van der Waals surface area (Å²) in [6, 6.07) is 14.1. The maximum absolute atomic E-state index is 12.2. The number of nitriles is 1. The zero-order valence-electron chi connectivity index (χ0n) is 12.8. The van der Waals surface area contributed by atoms with Crippen LogP contribution in [0.4, 0.5) is 17.2 Å². The Kier molecular flexibility index (Phi) is 4.21. The van der Waals surface area contributed by atoms with Crippen LogP contribution in [0.3, 0.4) is 0 Å². The van der Waals surface area contributed by atoms with Crippen molar-refractivity contribution >= 4 is 23.1 Å². The predicted octanol–water partition coefficient (Wildman–Crippen LogP) is 3.25. The van der Waals surface area contributed by atoms with Crippen LogP contribution in [0, 0.1) is 18.3 Å². The Morgan fingerprint density at radius 3 is 2.79 bits per heavy atom. The van der Waals surface area contributed by atoms with Gasteiger partial charge in [0.25, 0.3) is 5.91 Å². The number of nitrogens with one attached hydrogen (secondary N) is 2. The Morgan fingerprint density at radius 1 is 1.21 bits per heavy atom. The zero-order valence-corrected chi connectivity index (χ0v) is 12.8. The Morgan fingerprint density at radius 2 is 2.04 bits per heavy atom. The number of anilines is 3. The standard InChI is InChI=1S/C17H13N5O2/c1-11-7-16(22-24-11)21-17(23)15-9-14(5-6-19-15)20-13-4-2-3-12(8-13)10-18/h2-9H,1H3,(H,19,20)(H,21,22,23). The van der Waals surface area contributed by atoms with Gasteiger partial charge < -0.3 is 15.2 Å². The number of nitrogens with zero attached hydrogens (tertiary/aromatic N) is 3. The molecular weight excluding hydrogens is 306 g/mol. The molecule has 0 aliphatic heterocycles. The Labute approximate surface area is 137 Å². The molecule has 7 heteroatoms. The lowest BCUT2D eigenvalue weighted by molar-refractivity contribution is 0.102. The third-order valence-corrected chi connectivity index (χ3v) is 3.14. The first kappa shape index (κ1) is 15.2. The zero-order chi connectivity index (χ0) is 16.9. The molecule has 0 saturated heterocycles. The number of hydrogen-bond donors (Lipinski definition) is 2. The predicted molar refractivity (Wildman–Crippen MR) is 87.9 cm³/mol. The van der Waals surface area contributed by atoms with Crippen molar-refractivity contribution in [2.24, 2.45) is 0 Å². The smallest absolute Gasteiger partial charge is 0.275 e. The van der Waals surface area contributed by atoms with Crippen molar-refractivity contribution in [2.75, 3.05) is 10.6 Å². The third-order valence-electron chi connectivity index (χ3n) is 3.14. The molecule has 2 N–H and O–H groups in total. The van der Waals surface area contributed by atoms with E-state index in [-0.39, 0.29) is 5.69 Å². The maximum atomic E-state index is 12.2. The molecule has 0 radical (unpaired) electrons. The second-order valence-corrected chi connectivity index (χ2v) is 5.02. The van der Waals surface area contributed by atoms with Crippen molar-refractivity contribution in [1.82, 2.24) is 10.1 Å². The highest BCUT2D eigenvalue weighted by Crippen LogP contribution is 2.18. The van der Waals surface area contributed by atoms with Crippen molar-refractivity contribution in [1.29, 1.82) is 5.26 Å². The van der Waals surface area contributed by atoms with Gasteiger partial charge in [-0.25, -0.2) is 0 Å². The van der Waals surface area contributed by atoms with Crippen LogP contribution < -0.4 is 10.6 Å². The molecule has 3 aromatic rings. The lowest BCUT2D eigenvalue weighted by Gasteiger charge is -2.08. The molecule has 2 aromatic heterocycles. The minimum atomic E-state index is -0.391. The summed E-state index contributed by atoms with van der Waals surface area (Å²) in [7, 11) is 0. The van der Waals surface area contributed by atoms with Gasteiger partial charge in [-0.05, 0) is 37.3 Å². The number of pyridine rings is 1. The van der Waals surface area contributed by atoms with Gasteiger partial charge in [0.1, 0.15) is 11.5 Å². The van der Waals surface area contributed by atoms with Crippen LogP contribution in [-0.2, 0) is 0 Å². The summed E-state index contributed by atoms with van der Waals surface area (Å²) in [6.07, 6.45) is 1.53. The van der Waals surface area contributed by atoms with E-state index in [0.717, 1.165) is 5.69 Å². The highest BCUT2D eigenvalue weighted by molar-refractivity contribution is 6.02. The van der Waals surface area contributed by atoms with E-state index in [1.807, 2.05) is 6.07 Å². The van der Waals surface area contributed by atoms with Gasteiger partial charge in [-0.15, -0.1) is 0 Å². The molecule has 0 unspecified atom stereocenters. The molecular formula is C17H13N5O2. The quantitative estimate of drug-likeness (QED) is 0.765. The van der Waals surface area contributed by atoms with E-state index in [2.05, 4.69) is 26.8 Å². The van der Waals surface area contributed by atoms with Crippen molar-refractivity contribution in [3.63, 3.8) is 0 Å². The first-order chi connectivity index (χ1) is 11.6. The highest BCUT2D eigenvalue weighted by Gasteiger charge is 2.11. The summed E-state index contributed by atoms with van der Waals surface area (Å²) < 4.78 is 4.90. The number of carbonyl (C=O) groups is 1. The molecule has 24 heavy (non-hydrogen) atoms. The summed E-state index contributed by atoms with van der Waals surface area (Å²) in [6.45, 7) is 1.74. The third kappa shape index (κ3) is 3.56. The van der Waals surface area contributed by atoms with E-state index >= 15 is 0 Å². The first-order valence-corrected chi connectivity index (χ1v) is 7.12. The summed E-state index contributed by atoms with van der Waals surface area (Å²) in [4.78, 5) is 16.3. The van der Waals surface area contributed by atoms with Gasteiger partial charge in [0.05, 0.1) is 11.6 Å². The Balaban J connectivity index is 1.76. The number of amides is 1. The van der Waals surface area contributed by atoms with E-state index < -0.39 is 5.91 Å². The average molecular weight is 319 g/mol. The van der Waals surface area contributed by atoms with E-state index in [1.165, 1.54) is 6.20 Å². The van der Waals surface area contributed by atoms with Gasteiger partial charge in [-0.3, -0.25) is 9.78 Å². The summed E-state index contributed by atoms with van der Waals surface area (Å²) >= 11 is 0. The molecule has 118 valence electrons. The van der Waals surface area contributed by atoms with Crippen LogP contribution in [0.1, 0.15) is 21.8 Å². The normalized spacial score (nSPS) is 10.0. The van der Waals surface area contributed by atoms with Gasteiger partial charge in [0.2, 0.25) is 0 Å². The molecule has 0 aliphatic rings. The monoisotopic (exact) mass is 319 g/mol. The molecule has 0 saturated carbocycles. The molecule has 0 aliphatic carbocycles. The van der Waals surface area contributed by atoms with Crippen LogP contribution in [0.15, 0.2) is 53.2 Å². The average Bonchev–Trinajstić information content (AvgIpc) is 3.00. The van der Waals surface area contributed by atoms with E-state index in [9.17, 15) is 4.79 Å². The minimum absolute atomic E-state index is 0.233. The molecule has 0 spiro atoms. The second-order valence-electron chi connectivity index (χ2n) is 5.02. The van der Waals surface area contributed by atoms with Crippen molar-refractivity contribution in [3.8, 4) is 6.07 Å². The number of rotatable bonds is 4. The first-order valence-electron chi connectivity index (χ1n) is 7.12. The minimum Gasteiger partial charge on any atom is -0.360 e. The molecule has 2 heterocycles. The van der Waals surface area contributed by atoms with Gasteiger partial charge >= 0.3 is 0 Å². The molecule has 7 nitrogen and oxygen atoms in total. The van der Waals surface area contributed by atoms with Crippen molar-refractivity contribution in [2.45, 2.75) is 6.92 Å². The number of aryl methyl sites for hydroxylation is 1. The van der Waals surface area contributed by atoms with E-state index in [1.54, 1.807) is 43.3 Å². The highest BCUT2D eigenvalue weighted by atomic mass is 16.5. The fourth-order valence-electron chi connectivity index (χ4n) is 2.07. The van der Waals surface area contributed by atoms with Crippen LogP contribution in [-0.4, -0.2) is 16.0 Å². The Hall–Kier alpha value is -3.66. The molecule has 0 bridgehead atoms. The van der Waals surface area contributed by atoms with Crippen molar-refractivity contribution < 1.29 is 9.32 Å². The molecule has 1 aromatic carbocycles. The van der Waals surface area contributed by atoms with E-state index in [0.29, 0.717) is 22.8 Å². The Bertz CT molecular complexity index is 926. The number of benzene rings is 1. The van der Waals surface area contributed by atoms with Gasteiger partial charge in [0.15, 0.2) is 5.82 Å². The van der Waals surface area contributed by atoms with E-state index in [4.69, 9.17) is 9.78 Å². The lowest BCUT2D eigenvalue weighted by Crippen LogP contribution is -2.14.